The summed E-state index contributed by atoms with van der Waals surface area (Å²) in [5.41, 5.74) is 9.77. The van der Waals surface area contributed by atoms with Crippen molar-refractivity contribution >= 4 is 21.8 Å². The Kier molecular flexibility index (Phi) is 3.07. The van der Waals surface area contributed by atoms with Crippen LogP contribution < -0.4 is 5.73 Å². The fourth-order valence-corrected chi connectivity index (χ4v) is 2.20. The molecule has 0 aliphatic carbocycles. The molecule has 0 fully saturated rings. The lowest BCUT2D eigenvalue weighted by Crippen LogP contribution is -2.10. The van der Waals surface area contributed by atoms with Crippen LogP contribution in [0.25, 0.3) is 11.3 Å². The first-order valence-corrected chi connectivity index (χ1v) is 6.04. The zero-order valence-corrected chi connectivity index (χ0v) is 11.3. The van der Waals surface area contributed by atoms with Gasteiger partial charge in [0, 0.05) is 21.4 Å². The highest BCUT2D eigenvalue weighted by molar-refractivity contribution is 9.10. The van der Waals surface area contributed by atoms with Crippen LogP contribution >= 0.6 is 15.9 Å². The van der Waals surface area contributed by atoms with Crippen molar-refractivity contribution in [3.8, 4) is 11.3 Å². The summed E-state index contributed by atoms with van der Waals surface area (Å²) in [4.78, 5) is 14.4. The molecule has 3 N–H and O–H groups in total. The molecule has 4 heteroatoms. The van der Waals surface area contributed by atoms with Crippen LogP contribution in [0, 0.1) is 13.8 Å². The molecule has 0 atom stereocenters. The summed E-state index contributed by atoms with van der Waals surface area (Å²) in [6, 6.07) is 7.83. The summed E-state index contributed by atoms with van der Waals surface area (Å²) < 4.78 is 1.01. The van der Waals surface area contributed by atoms with Crippen LogP contribution in [0.1, 0.15) is 21.6 Å². The lowest BCUT2D eigenvalue weighted by atomic mass is 10.1. The lowest BCUT2D eigenvalue weighted by molar-refractivity contribution is 0.1000. The molecular weight excluding hydrogens is 280 g/mol. The van der Waals surface area contributed by atoms with Gasteiger partial charge in [-0.25, -0.2) is 0 Å². The first kappa shape index (κ1) is 11.9. The lowest BCUT2D eigenvalue weighted by Gasteiger charge is -2.03. The van der Waals surface area contributed by atoms with Gasteiger partial charge in [-0.1, -0.05) is 22.0 Å². The molecule has 17 heavy (non-hydrogen) atoms. The third-order valence-corrected chi connectivity index (χ3v) is 3.26. The minimum absolute atomic E-state index is 0.405. The van der Waals surface area contributed by atoms with Crippen molar-refractivity contribution in [3.63, 3.8) is 0 Å². The number of hydrogen-bond donors (Lipinski definition) is 2. The number of aromatic amines is 1. The Morgan fingerprint density at radius 1 is 1.29 bits per heavy atom. The third kappa shape index (κ3) is 2.26. The molecule has 1 aromatic heterocycles. The van der Waals surface area contributed by atoms with Gasteiger partial charge >= 0.3 is 0 Å². The van der Waals surface area contributed by atoms with E-state index in [1.165, 1.54) is 0 Å². The average Bonchev–Trinajstić information content (AvgIpc) is 2.64. The van der Waals surface area contributed by atoms with E-state index >= 15 is 0 Å². The molecule has 0 aliphatic rings. The Morgan fingerprint density at radius 3 is 2.59 bits per heavy atom. The van der Waals surface area contributed by atoms with Crippen molar-refractivity contribution in [1.29, 1.82) is 0 Å². The second-order valence-corrected chi connectivity index (χ2v) is 4.96. The number of carbonyl (C=O) groups excluding carboxylic acids is 1. The Balaban J connectivity index is 2.57. The van der Waals surface area contributed by atoms with Gasteiger partial charge in [0.05, 0.1) is 5.56 Å². The number of hydrogen-bond acceptors (Lipinski definition) is 1. The van der Waals surface area contributed by atoms with Crippen LogP contribution in [-0.4, -0.2) is 10.9 Å². The Labute approximate surface area is 108 Å². The van der Waals surface area contributed by atoms with Crippen LogP contribution in [0.4, 0.5) is 0 Å². The minimum Gasteiger partial charge on any atom is -0.366 e. The van der Waals surface area contributed by atoms with Gasteiger partial charge in [0.15, 0.2) is 0 Å². The van der Waals surface area contributed by atoms with Gasteiger partial charge in [-0.3, -0.25) is 4.79 Å². The molecule has 1 amide bonds. The number of carbonyl (C=O) groups is 1. The molecule has 1 heterocycles. The van der Waals surface area contributed by atoms with E-state index in [-0.39, 0.29) is 0 Å². The number of aromatic nitrogens is 1. The second kappa shape index (κ2) is 4.37. The number of nitrogens with two attached hydrogens (primary N) is 1. The Bertz CT molecular complexity index is 587. The first-order chi connectivity index (χ1) is 7.99. The summed E-state index contributed by atoms with van der Waals surface area (Å²) in [5, 5.41) is 0. The standard InChI is InChI=1S/C13H13BrN2O/c1-7-3-4-9(14)5-10(7)12-6-11(13(15)17)8(2)16-12/h3-6,16H,1-2H3,(H2,15,17). The van der Waals surface area contributed by atoms with E-state index in [1.54, 1.807) is 6.07 Å². The topological polar surface area (TPSA) is 58.9 Å². The van der Waals surface area contributed by atoms with Crippen molar-refractivity contribution in [3.05, 3.63) is 45.6 Å². The van der Waals surface area contributed by atoms with Gasteiger partial charge in [-0.2, -0.15) is 0 Å². The van der Waals surface area contributed by atoms with Crippen molar-refractivity contribution in [2.45, 2.75) is 13.8 Å². The van der Waals surface area contributed by atoms with E-state index in [0.717, 1.165) is 27.0 Å². The molecule has 0 saturated carbocycles. The number of aryl methyl sites for hydroxylation is 2. The SMILES string of the molecule is Cc1ccc(Br)cc1-c1cc(C(N)=O)c(C)[nH]1. The molecule has 1 aromatic carbocycles. The summed E-state index contributed by atoms with van der Waals surface area (Å²) >= 11 is 3.44. The summed E-state index contributed by atoms with van der Waals surface area (Å²) in [6.07, 6.45) is 0. The molecule has 0 aliphatic heterocycles. The molecule has 0 unspecified atom stereocenters. The maximum absolute atomic E-state index is 11.2. The Morgan fingerprint density at radius 2 is 2.00 bits per heavy atom. The van der Waals surface area contributed by atoms with Crippen LogP contribution in [0.15, 0.2) is 28.7 Å². The van der Waals surface area contributed by atoms with Crippen LogP contribution in [-0.2, 0) is 0 Å². The van der Waals surface area contributed by atoms with Crippen molar-refractivity contribution in [2.24, 2.45) is 5.73 Å². The number of nitrogens with one attached hydrogen (secondary N) is 1. The van der Waals surface area contributed by atoms with E-state index in [2.05, 4.69) is 20.9 Å². The average molecular weight is 293 g/mol. The number of primary amides is 1. The number of rotatable bonds is 2. The fraction of sp³-hybridized carbons (Fsp3) is 0.154. The van der Waals surface area contributed by atoms with Crippen LogP contribution in [0.3, 0.4) is 0 Å². The molecule has 2 aromatic rings. The van der Waals surface area contributed by atoms with E-state index in [9.17, 15) is 4.79 Å². The molecule has 3 nitrogen and oxygen atoms in total. The predicted molar refractivity (Wildman–Crippen MR) is 71.9 cm³/mol. The van der Waals surface area contributed by atoms with Gasteiger partial charge in [0.1, 0.15) is 0 Å². The largest absolute Gasteiger partial charge is 0.366 e. The summed E-state index contributed by atoms with van der Waals surface area (Å²) in [7, 11) is 0. The highest BCUT2D eigenvalue weighted by Gasteiger charge is 2.12. The molecule has 0 radical (unpaired) electrons. The third-order valence-electron chi connectivity index (χ3n) is 2.77. The van der Waals surface area contributed by atoms with E-state index in [4.69, 9.17) is 5.73 Å². The van der Waals surface area contributed by atoms with Crippen LogP contribution in [0.5, 0.6) is 0 Å². The Hall–Kier alpha value is -1.55. The zero-order valence-electron chi connectivity index (χ0n) is 9.67. The second-order valence-electron chi connectivity index (χ2n) is 4.05. The first-order valence-electron chi connectivity index (χ1n) is 5.25. The van der Waals surface area contributed by atoms with E-state index < -0.39 is 5.91 Å². The molecule has 0 spiro atoms. The summed E-state index contributed by atoms with van der Waals surface area (Å²) in [5.74, 6) is -0.405. The van der Waals surface area contributed by atoms with Gasteiger partial charge < -0.3 is 10.7 Å². The molecule has 0 bridgehead atoms. The van der Waals surface area contributed by atoms with Gasteiger partial charge in [0.2, 0.25) is 0 Å². The number of benzene rings is 1. The quantitative estimate of drug-likeness (QED) is 0.878. The van der Waals surface area contributed by atoms with Crippen molar-refractivity contribution < 1.29 is 4.79 Å². The predicted octanol–water partition coefficient (Wildman–Crippen LogP) is 3.16. The molecule has 88 valence electrons. The maximum atomic E-state index is 11.2. The van der Waals surface area contributed by atoms with Gasteiger partial charge in [-0.05, 0) is 37.6 Å². The number of amides is 1. The van der Waals surface area contributed by atoms with Crippen molar-refractivity contribution in [2.75, 3.05) is 0 Å². The monoisotopic (exact) mass is 292 g/mol. The molecular formula is C13H13BrN2O. The van der Waals surface area contributed by atoms with Gasteiger partial charge in [0.25, 0.3) is 5.91 Å². The smallest absolute Gasteiger partial charge is 0.250 e. The molecule has 2 rings (SSSR count). The highest BCUT2D eigenvalue weighted by atomic mass is 79.9. The molecule has 0 saturated heterocycles. The van der Waals surface area contributed by atoms with Crippen molar-refractivity contribution in [1.82, 2.24) is 4.98 Å². The number of H-pyrrole nitrogens is 1. The van der Waals surface area contributed by atoms with Crippen LogP contribution in [0.2, 0.25) is 0 Å². The van der Waals surface area contributed by atoms with E-state index in [0.29, 0.717) is 5.56 Å². The normalized spacial score (nSPS) is 10.5. The minimum atomic E-state index is -0.405. The summed E-state index contributed by atoms with van der Waals surface area (Å²) in [6.45, 7) is 3.87. The van der Waals surface area contributed by atoms with Gasteiger partial charge in [-0.15, -0.1) is 0 Å². The maximum Gasteiger partial charge on any atom is 0.250 e. The highest BCUT2D eigenvalue weighted by Crippen LogP contribution is 2.27. The fourth-order valence-electron chi connectivity index (χ4n) is 1.84. The zero-order chi connectivity index (χ0) is 12.6. The number of halogens is 1. The van der Waals surface area contributed by atoms with E-state index in [1.807, 2.05) is 32.0 Å².